The zero-order valence-corrected chi connectivity index (χ0v) is 11.4. The summed E-state index contributed by atoms with van der Waals surface area (Å²) >= 11 is 0. The molecule has 0 atom stereocenters. The third-order valence-electron chi connectivity index (χ3n) is 1.13. The van der Waals surface area contributed by atoms with Gasteiger partial charge in [-0.1, -0.05) is 0 Å². The number of rotatable bonds is 5. The second-order valence-corrected chi connectivity index (χ2v) is 2.62. The van der Waals surface area contributed by atoms with Crippen molar-refractivity contribution in [1.29, 1.82) is 5.41 Å². The Morgan fingerprint density at radius 2 is 1.92 bits per heavy atom. The summed E-state index contributed by atoms with van der Waals surface area (Å²) in [5.74, 6) is -0.0464. The van der Waals surface area contributed by atoms with Crippen molar-refractivity contribution in [1.82, 2.24) is 15.8 Å². The van der Waals surface area contributed by atoms with Crippen LogP contribution >= 0.6 is 34.0 Å². The van der Waals surface area contributed by atoms with Gasteiger partial charge in [-0.05, 0) is 27.1 Å². The lowest BCUT2D eigenvalue weighted by Crippen LogP contribution is -2.42. The molecule has 0 heterocycles. The Bertz CT molecular complexity index is 120. The lowest BCUT2D eigenvalue weighted by Gasteiger charge is -2.09. The predicted molar refractivity (Wildman–Crippen MR) is 66.9 cm³/mol. The van der Waals surface area contributed by atoms with Gasteiger partial charge >= 0.3 is 0 Å². The van der Waals surface area contributed by atoms with E-state index < -0.39 is 0 Å². The van der Waals surface area contributed by atoms with E-state index in [-0.39, 0.29) is 39.9 Å². The summed E-state index contributed by atoms with van der Waals surface area (Å²) in [6.07, 6.45) is 1.04. The molecule has 0 unspecified atom stereocenters. The second-order valence-electron chi connectivity index (χ2n) is 2.62. The molecule has 0 bridgehead atoms. The topological polar surface area (TPSA) is 77.2 Å². The van der Waals surface area contributed by atoms with Gasteiger partial charge in [-0.25, -0.2) is 5.43 Å². The maximum absolute atomic E-state index is 6.81. The summed E-state index contributed by atoms with van der Waals surface area (Å²) in [6.45, 7) is 1.85. The van der Waals surface area contributed by atoms with Gasteiger partial charge in [0.15, 0.2) is 5.96 Å². The third kappa shape index (κ3) is 18.8. The summed E-state index contributed by atoms with van der Waals surface area (Å²) < 4.78 is 0. The van der Waals surface area contributed by atoms with Crippen molar-refractivity contribution in [3.8, 4) is 0 Å². The molecule has 0 saturated carbocycles. The first-order valence-corrected chi connectivity index (χ1v) is 3.60. The van der Waals surface area contributed by atoms with Gasteiger partial charge in [0.05, 0.1) is 0 Å². The van der Waals surface area contributed by atoms with Gasteiger partial charge in [-0.15, -0.1) is 34.0 Å². The van der Waals surface area contributed by atoms with E-state index in [1.807, 2.05) is 14.1 Å². The molecule has 0 aromatic carbocycles. The normalized spacial score (nSPS) is 8.54. The molecule has 0 aromatic rings. The molecule has 0 spiro atoms. The van der Waals surface area contributed by atoms with Crippen LogP contribution in [-0.2, 0) is 0 Å². The number of hydrogen-bond donors (Lipinski definition) is 4. The first-order valence-electron chi connectivity index (χ1n) is 3.60. The molecule has 0 saturated heterocycles. The summed E-state index contributed by atoms with van der Waals surface area (Å²) in [5.41, 5.74) is 10.4. The monoisotopic (exact) mass is 319 g/mol. The quantitative estimate of drug-likeness (QED) is 0.250. The third-order valence-corrected chi connectivity index (χ3v) is 1.13. The van der Waals surface area contributed by atoms with Crippen LogP contribution in [-0.4, -0.2) is 38.0 Å². The molecule has 0 aliphatic carbocycles. The van der Waals surface area contributed by atoms with E-state index in [1.165, 1.54) is 0 Å². The minimum absolute atomic E-state index is 0. The molecule has 0 aliphatic rings. The molecule has 13 heavy (non-hydrogen) atoms. The number of halogens is 2. The molecule has 0 radical (unpaired) electrons. The van der Waals surface area contributed by atoms with Gasteiger partial charge < -0.3 is 10.6 Å². The van der Waals surface area contributed by atoms with Gasteiger partial charge in [-0.3, -0.25) is 10.8 Å². The van der Waals surface area contributed by atoms with Crippen molar-refractivity contribution in [3.05, 3.63) is 0 Å². The fourth-order valence-electron chi connectivity index (χ4n) is 0.641. The summed E-state index contributed by atoms with van der Waals surface area (Å²) in [7, 11) is 4.05. The van der Waals surface area contributed by atoms with Gasteiger partial charge in [0.1, 0.15) is 0 Å². The molecule has 0 aromatic heterocycles. The van der Waals surface area contributed by atoms with Crippen molar-refractivity contribution in [2.24, 2.45) is 5.73 Å². The van der Waals surface area contributed by atoms with E-state index in [2.05, 4.69) is 15.8 Å². The number of nitrogens with zero attached hydrogens (tertiary/aromatic N) is 1. The fourth-order valence-corrected chi connectivity index (χ4v) is 0.641. The minimum Gasteiger partial charge on any atom is -0.369 e. The van der Waals surface area contributed by atoms with Crippen molar-refractivity contribution < 1.29 is 0 Å². The predicted octanol–water partition coefficient (Wildman–Crippen LogP) is 0.0816. The first-order chi connectivity index (χ1) is 5.13. The van der Waals surface area contributed by atoms with E-state index in [4.69, 9.17) is 11.1 Å². The minimum atomic E-state index is -0.0464. The number of guanidine groups is 1. The number of nitrogens with one attached hydrogen (secondary N) is 3. The molecule has 5 nitrogen and oxygen atoms in total. The highest BCUT2D eigenvalue weighted by Crippen LogP contribution is 1.78. The Hall–Kier alpha value is 0.150. The van der Waals surface area contributed by atoms with Crippen LogP contribution in [0.25, 0.3) is 0 Å². The van der Waals surface area contributed by atoms with Gasteiger partial charge in [0, 0.05) is 6.54 Å². The second kappa shape index (κ2) is 12.2. The van der Waals surface area contributed by atoms with Crippen molar-refractivity contribution in [2.45, 2.75) is 6.42 Å². The Morgan fingerprint density at radius 3 is 2.31 bits per heavy atom. The standard InChI is InChI=1S/C6H17N5.2BrH/c1-11(2)5-3-4-9-10-6(7)8;;/h9H,3-5H2,1-2H3,(H4,7,8,10);2*1H. The van der Waals surface area contributed by atoms with Crippen LogP contribution in [0.2, 0.25) is 0 Å². The van der Waals surface area contributed by atoms with Crippen LogP contribution < -0.4 is 16.6 Å². The van der Waals surface area contributed by atoms with Crippen LogP contribution in [0.1, 0.15) is 6.42 Å². The molecule has 82 valence electrons. The smallest absolute Gasteiger partial charge is 0.200 e. The van der Waals surface area contributed by atoms with Crippen LogP contribution in [0.4, 0.5) is 0 Å². The molecular formula is C6H19Br2N5. The first kappa shape index (κ1) is 18.8. The van der Waals surface area contributed by atoms with E-state index >= 15 is 0 Å². The molecule has 0 fully saturated rings. The number of hydrogen-bond acceptors (Lipinski definition) is 3. The average Bonchev–Trinajstić information content (AvgIpc) is 1.85. The van der Waals surface area contributed by atoms with Crippen molar-refractivity contribution in [2.75, 3.05) is 27.2 Å². The highest BCUT2D eigenvalue weighted by atomic mass is 79.9. The summed E-state index contributed by atoms with van der Waals surface area (Å²) in [6, 6.07) is 0. The lowest BCUT2D eigenvalue weighted by atomic mass is 10.4. The Morgan fingerprint density at radius 1 is 1.38 bits per heavy atom. The van der Waals surface area contributed by atoms with Crippen molar-refractivity contribution in [3.63, 3.8) is 0 Å². The van der Waals surface area contributed by atoms with Crippen molar-refractivity contribution >= 4 is 39.9 Å². The Labute approximate surface area is 100 Å². The van der Waals surface area contributed by atoms with E-state index in [0.29, 0.717) is 0 Å². The summed E-state index contributed by atoms with van der Waals surface area (Å²) in [5, 5.41) is 6.81. The van der Waals surface area contributed by atoms with Gasteiger partial charge in [0.25, 0.3) is 0 Å². The molecule has 7 heteroatoms. The number of nitrogens with two attached hydrogens (primary N) is 1. The fraction of sp³-hybridized carbons (Fsp3) is 0.833. The highest BCUT2D eigenvalue weighted by Gasteiger charge is 1.89. The van der Waals surface area contributed by atoms with Crippen LogP contribution in [0, 0.1) is 5.41 Å². The molecular weight excluding hydrogens is 302 g/mol. The zero-order chi connectivity index (χ0) is 8.69. The zero-order valence-electron chi connectivity index (χ0n) is 7.96. The highest BCUT2D eigenvalue weighted by molar-refractivity contribution is 8.93. The molecule has 0 amide bonds. The largest absolute Gasteiger partial charge is 0.369 e. The maximum Gasteiger partial charge on any atom is 0.200 e. The van der Waals surface area contributed by atoms with E-state index in [1.54, 1.807) is 0 Å². The Kier molecular flexibility index (Phi) is 17.6. The van der Waals surface area contributed by atoms with Crippen LogP contribution in [0.15, 0.2) is 0 Å². The lowest BCUT2D eigenvalue weighted by molar-refractivity contribution is 0.392. The molecule has 0 aliphatic heterocycles. The van der Waals surface area contributed by atoms with Crippen LogP contribution in [0.5, 0.6) is 0 Å². The molecule has 0 rings (SSSR count). The SMILES string of the molecule is Br.Br.CN(C)CCCNNC(=N)N. The number of hydrazine groups is 1. The van der Waals surface area contributed by atoms with E-state index in [9.17, 15) is 0 Å². The van der Waals surface area contributed by atoms with Gasteiger partial charge in [-0.2, -0.15) is 0 Å². The molecule has 5 N–H and O–H groups in total. The Balaban J connectivity index is -0.000000500. The van der Waals surface area contributed by atoms with Gasteiger partial charge in [0.2, 0.25) is 0 Å². The summed E-state index contributed by atoms with van der Waals surface area (Å²) in [4.78, 5) is 2.11. The average molecular weight is 321 g/mol. The maximum atomic E-state index is 6.81. The van der Waals surface area contributed by atoms with Crippen LogP contribution in [0.3, 0.4) is 0 Å². The van der Waals surface area contributed by atoms with E-state index in [0.717, 1.165) is 19.5 Å².